The van der Waals surface area contributed by atoms with E-state index < -0.39 is 0 Å². The van der Waals surface area contributed by atoms with Gasteiger partial charge in [0.05, 0.1) is 12.1 Å². The van der Waals surface area contributed by atoms with E-state index in [1.807, 2.05) is 0 Å². The van der Waals surface area contributed by atoms with Crippen LogP contribution in [0.2, 0.25) is 0 Å². The van der Waals surface area contributed by atoms with Crippen LogP contribution in [0.3, 0.4) is 0 Å². The van der Waals surface area contributed by atoms with Crippen molar-refractivity contribution in [2.45, 2.75) is 44.2 Å². The Morgan fingerprint density at radius 3 is 2.74 bits per heavy atom. The number of rotatable bonds is 5. The van der Waals surface area contributed by atoms with Crippen LogP contribution in [-0.2, 0) is 4.74 Å². The van der Waals surface area contributed by atoms with Crippen molar-refractivity contribution in [3.63, 3.8) is 0 Å². The third kappa shape index (κ3) is 2.97. The Labute approximate surface area is 118 Å². The van der Waals surface area contributed by atoms with Crippen LogP contribution in [0, 0.1) is 5.92 Å². The number of nitrogens with two attached hydrogens (primary N) is 1. The molecule has 4 nitrogen and oxygen atoms in total. The molecule has 0 aliphatic carbocycles. The lowest BCUT2D eigenvalue weighted by Crippen LogP contribution is -2.63. The van der Waals surface area contributed by atoms with Crippen LogP contribution in [-0.4, -0.2) is 68.3 Å². The summed E-state index contributed by atoms with van der Waals surface area (Å²) >= 11 is 0. The van der Waals surface area contributed by atoms with Crippen LogP contribution in [0.1, 0.15) is 32.6 Å². The van der Waals surface area contributed by atoms with E-state index in [0.29, 0.717) is 6.54 Å². The van der Waals surface area contributed by atoms with Gasteiger partial charge in [-0.2, -0.15) is 0 Å². The summed E-state index contributed by atoms with van der Waals surface area (Å²) in [6.45, 7) is 7.33. The molecule has 2 aliphatic rings. The summed E-state index contributed by atoms with van der Waals surface area (Å²) in [6, 6.07) is 0.792. The molecule has 4 heteroatoms. The summed E-state index contributed by atoms with van der Waals surface area (Å²) in [6.07, 6.45) is 5.08. The summed E-state index contributed by atoms with van der Waals surface area (Å²) in [5, 5.41) is 0. The fraction of sp³-hybridized carbons (Fsp3) is 1.00. The van der Waals surface area contributed by atoms with Crippen molar-refractivity contribution in [3.05, 3.63) is 0 Å². The Morgan fingerprint density at radius 1 is 1.32 bits per heavy atom. The van der Waals surface area contributed by atoms with Gasteiger partial charge >= 0.3 is 0 Å². The van der Waals surface area contributed by atoms with Gasteiger partial charge in [-0.15, -0.1) is 0 Å². The normalized spacial score (nSPS) is 32.8. The van der Waals surface area contributed by atoms with E-state index in [0.717, 1.165) is 25.0 Å². The Bertz CT molecular complexity index is 281. The minimum atomic E-state index is 0.0513. The number of hydrogen-bond acceptors (Lipinski definition) is 4. The molecule has 0 saturated carbocycles. The SMILES string of the molecule is CCC(CN)(COC)N1CCC2C(CCCN2C)C1. The molecule has 0 aromatic carbocycles. The summed E-state index contributed by atoms with van der Waals surface area (Å²) in [7, 11) is 4.08. The topological polar surface area (TPSA) is 41.7 Å². The first-order chi connectivity index (χ1) is 9.16. The first kappa shape index (κ1) is 15.2. The number of ether oxygens (including phenoxy) is 1. The molecule has 0 spiro atoms. The minimum absolute atomic E-state index is 0.0513. The highest BCUT2D eigenvalue weighted by Crippen LogP contribution is 2.33. The fourth-order valence-corrected chi connectivity index (χ4v) is 4.10. The molecular formula is C15H31N3O. The smallest absolute Gasteiger partial charge is 0.0658 e. The zero-order valence-corrected chi connectivity index (χ0v) is 12.9. The number of fused-ring (bicyclic) bond motifs is 1. The number of nitrogens with zero attached hydrogens (tertiary/aromatic N) is 2. The van der Waals surface area contributed by atoms with Crippen LogP contribution >= 0.6 is 0 Å². The van der Waals surface area contributed by atoms with Gasteiger partial charge in [0.15, 0.2) is 0 Å². The lowest BCUT2D eigenvalue weighted by molar-refractivity contribution is -0.0451. The van der Waals surface area contributed by atoms with Gasteiger partial charge in [-0.05, 0) is 45.2 Å². The molecule has 3 unspecified atom stereocenters. The van der Waals surface area contributed by atoms with Crippen LogP contribution in [0.15, 0.2) is 0 Å². The summed E-state index contributed by atoms with van der Waals surface area (Å²) in [5.41, 5.74) is 6.15. The van der Waals surface area contributed by atoms with E-state index in [9.17, 15) is 0 Å². The van der Waals surface area contributed by atoms with Gasteiger partial charge in [-0.1, -0.05) is 6.92 Å². The zero-order valence-electron chi connectivity index (χ0n) is 12.9. The third-order valence-corrected chi connectivity index (χ3v) is 5.47. The molecule has 2 N–H and O–H groups in total. The van der Waals surface area contributed by atoms with Crippen molar-refractivity contribution < 1.29 is 4.74 Å². The Hall–Kier alpha value is -0.160. The molecule has 2 aliphatic heterocycles. The lowest BCUT2D eigenvalue weighted by Gasteiger charge is -2.52. The van der Waals surface area contributed by atoms with E-state index in [1.165, 1.54) is 38.9 Å². The second-order valence-corrected chi connectivity index (χ2v) is 6.40. The van der Waals surface area contributed by atoms with Crippen LogP contribution < -0.4 is 5.73 Å². The molecule has 2 saturated heterocycles. The van der Waals surface area contributed by atoms with E-state index in [4.69, 9.17) is 10.5 Å². The molecule has 0 bridgehead atoms. The molecule has 0 aromatic rings. The standard InChI is InChI=1S/C15H31N3O/c1-4-15(11-16,12-19-3)18-9-7-14-13(10-18)6-5-8-17(14)2/h13-14H,4-12,16H2,1-3H3. The van der Waals surface area contributed by atoms with Gasteiger partial charge < -0.3 is 15.4 Å². The monoisotopic (exact) mass is 269 g/mol. The lowest BCUT2D eigenvalue weighted by atomic mass is 9.81. The molecule has 3 atom stereocenters. The van der Waals surface area contributed by atoms with E-state index >= 15 is 0 Å². The van der Waals surface area contributed by atoms with E-state index in [1.54, 1.807) is 7.11 Å². The molecule has 0 amide bonds. The quantitative estimate of drug-likeness (QED) is 0.813. The number of methoxy groups -OCH3 is 1. The highest BCUT2D eigenvalue weighted by atomic mass is 16.5. The average molecular weight is 269 g/mol. The largest absolute Gasteiger partial charge is 0.383 e. The summed E-state index contributed by atoms with van der Waals surface area (Å²) in [4.78, 5) is 5.19. The highest BCUT2D eigenvalue weighted by Gasteiger charge is 2.41. The molecule has 0 aromatic heterocycles. The molecule has 2 rings (SSSR count). The highest BCUT2D eigenvalue weighted by molar-refractivity contribution is 4.97. The van der Waals surface area contributed by atoms with Gasteiger partial charge in [-0.25, -0.2) is 0 Å². The van der Waals surface area contributed by atoms with Crippen molar-refractivity contribution >= 4 is 0 Å². The Balaban J connectivity index is 2.06. The van der Waals surface area contributed by atoms with Gasteiger partial charge in [0, 0.05) is 32.8 Å². The second-order valence-electron chi connectivity index (χ2n) is 6.40. The van der Waals surface area contributed by atoms with E-state index in [-0.39, 0.29) is 5.54 Å². The summed E-state index contributed by atoms with van der Waals surface area (Å²) < 4.78 is 5.47. The first-order valence-corrected chi connectivity index (χ1v) is 7.81. The molecule has 19 heavy (non-hydrogen) atoms. The third-order valence-electron chi connectivity index (χ3n) is 5.47. The molecule has 2 fully saturated rings. The zero-order chi connectivity index (χ0) is 13.9. The second kappa shape index (κ2) is 6.53. The summed E-state index contributed by atoms with van der Waals surface area (Å²) in [5.74, 6) is 0.821. The maximum atomic E-state index is 6.10. The number of piperidine rings is 2. The fourth-order valence-electron chi connectivity index (χ4n) is 4.10. The van der Waals surface area contributed by atoms with E-state index in [2.05, 4.69) is 23.8 Å². The Morgan fingerprint density at radius 2 is 2.11 bits per heavy atom. The van der Waals surface area contributed by atoms with Gasteiger partial charge in [0.25, 0.3) is 0 Å². The molecular weight excluding hydrogens is 238 g/mol. The minimum Gasteiger partial charge on any atom is -0.383 e. The van der Waals surface area contributed by atoms with Crippen molar-refractivity contribution in [2.24, 2.45) is 11.7 Å². The molecule has 2 heterocycles. The van der Waals surface area contributed by atoms with Crippen molar-refractivity contribution in [2.75, 3.05) is 46.9 Å². The number of likely N-dealkylation sites (tertiary alicyclic amines) is 2. The van der Waals surface area contributed by atoms with Crippen LogP contribution in [0.4, 0.5) is 0 Å². The van der Waals surface area contributed by atoms with Crippen molar-refractivity contribution in [1.82, 2.24) is 9.80 Å². The predicted octanol–water partition coefficient (Wildman–Crippen LogP) is 1.16. The maximum absolute atomic E-state index is 6.10. The first-order valence-electron chi connectivity index (χ1n) is 7.81. The van der Waals surface area contributed by atoms with Crippen molar-refractivity contribution in [3.8, 4) is 0 Å². The van der Waals surface area contributed by atoms with Gasteiger partial charge in [0.2, 0.25) is 0 Å². The maximum Gasteiger partial charge on any atom is 0.0658 e. The van der Waals surface area contributed by atoms with Gasteiger partial charge in [-0.3, -0.25) is 4.90 Å². The molecule has 0 radical (unpaired) electrons. The van der Waals surface area contributed by atoms with Crippen LogP contribution in [0.25, 0.3) is 0 Å². The van der Waals surface area contributed by atoms with Crippen molar-refractivity contribution in [1.29, 1.82) is 0 Å². The average Bonchev–Trinajstić information content (AvgIpc) is 2.45. The Kier molecular flexibility index (Phi) is 5.23. The number of hydrogen-bond donors (Lipinski definition) is 1. The molecule has 112 valence electrons. The predicted molar refractivity (Wildman–Crippen MR) is 79.3 cm³/mol. The van der Waals surface area contributed by atoms with Gasteiger partial charge in [0.1, 0.15) is 0 Å². The van der Waals surface area contributed by atoms with Crippen LogP contribution in [0.5, 0.6) is 0 Å².